The van der Waals surface area contributed by atoms with Gasteiger partial charge in [0.25, 0.3) is 5.91 Å². The van der Waals surface area contributed by atoms with Crippen molar-refractivity contribution in [1.29, 1.82) is 0 Å². The lowest BCUT2D eigenvalue weighted by Crippen LogP contribution is -2.56. The molecule has 7 nitrogen and oxygen atoms in total. The number of aromatic nitrogens is 1. The molecule has 2 aliphatic heterocycles. The van der Waals surface area contributed by atoms with Gasteiger partial charge in [0.05, 0.1) is 12.2 Å². The highest BCUT2D eigenvalue weighted by atomic mass is 32.1. The minimum absolute atomic E-state index is 0.0123. The molecule has 4 rings (SSSR count). The van der Waals surface area contributed by atoms with Crippen molar-refractivity contribution in [2.45, 2.75) is 51.6 Å². The maximum atomic E-state index is 13.7. The van der Waals surface area contributed by atoms with E-state index in [1.54, 1.807) is 23.6 Å². The molecular weight excluding hydrogens is 448 g/mol. The van der Waals surface area contributed by atoms with Crippen LogP contribution in [0.15, 0.2) is 48.0 Å². The van der Waals surface area contributed by atoms with Gasteiger partial charge in [-0.25, -0.2) is 4.79 Å². The van der Waals surface area contributed by atoms with E-state index in [-0.39, 0.29) is 30.3 Å². The summed E-state index contributed by atoms with van der Waals surface area (Å²) in [5, 5.41) is 5.08. The molecule has 0 bridgehead atoms. The first kappa shape index (κ1) is 24.1. The zero-order valence-corrected chi connectivity index (χ0v) is 20.6. The van der Waals surface area contributed by atoms with Crippen molar-refractivity contribution in [3.8, 4) is 0 Å². The number of hydrogen-bond acceptors (Lipinski definition) is 5. The summed E-state index contributed by atoms with van der Waals surface area (Å²) in [4.78, 5) is 47.8. The van der Waals surface area contributed by atoms with Crippen LogP contribution in [0.3, 0.4) is 0 Å². The summed E-state index contributed by atoms with van der Waals surface area (Å²) in [5.74, 6) is 0.227. The average Bonchev–Trinajstić information content (AvgIpc) is 3.45. The van der Waals surface area contributed by atoms with E-state index in [0.717, 1.165) is 11.3 Å². The first-order chi connectivity index (χ1) is 16.4. The normalized spacial score (nSPS) is 21.6. The van der Waals surface area contributed by atoms with Crippen molar-refractivity contribution >= 4 is 35.3 Å². The molecule has 0 spiro atoms. The Morgan fingerprint density at radius 1 is 1.24 bits per heavy atom. The molecule has 4 amide bonds. The number of urea groups is 1. The number of nitrogens with one attached hydrogen (secondary N) is 1. The quantitative estimate of drug-likeness (QED) is 0.451. The van der Waals surface area contributed by atoms with E-state index in [1.165, 1.54) is 4.90 Å². The number of imide groups is 1. The minimum Gasteiger partial charge on any atom is -0.339 e. The summed E-state index contributed by atoms with van der Waals surface area (Å²) >= 11 is 1.59. The molecule has 34 heavy (non-hydrogen) atoms. The Bertz CT molecular complexity index is 1030. The zero-order chi connectivity index (χ0) is 24.1. The summed E-state index contributed by atoms with van der Waals surface area (Å²) in [6, 6.07) is 9.07. The van der Waals surface area contributed by atoms with Gasteiger partial charge in [-0.05, 0) is 67.2 Å². The predicted molar refractivity (Wildman–Crippen MR) is 133 cm³/mol. The fourth-order valence-electron chi connectivity index (χ4n) is 4.85. The number of pyridine rings is 1. The molecule has 0 saturated carbocycles. The van der Waals surface area contributed by atoms with Crippen LogP contribution >= 0.6 is 11.3 Å². The van der Waals surface area contributed by atoms with E-state index < -0.39 is 5.54 Å². The molecule has 0 radical (unpaired) electrons. The van der Waals surface area contributed by atoms with Crippen LogP contribution in [0.4, 0.5) is 4.79 Å². The summed E-state index contributed by atoms with van der Waals surface area (Å²) in [6.07, 6.45) is 7.94. The molecule has 8 heteroatoms. The molecule has 2 fully saturated rings. The first-order valence-electron chi connectivity index (χ1n) is 11.9. The third-order valence-corrected chi connectivity index (χ3v) is 7.64. The van der Waals surface area contributed by atoms with E-state index in [0.29, 0.717) is 44.0 Å². The fraction of sp³-hybridized carbons (Fsp3) is 0.462. The number of thiophene rings is 1. The number of carbonyl (C=O) groups excluding carboxylic acids is 3. The van der Waals surface area contributed by atoms with Crippen molar-refractivity contribution in [2.24, 2.45) is 11.8 Å². The van der Waals surface area contributed by atoms with Gasteiger partial charge in [-0.1, -0.05) is 26.0 Å². The predicted octanol–water partition coefficient (Wildman–Crippen LogP) is 4.32. The average molecular weight is 481 g/mol. The van der Waals surface area contributed by atoms with Crippen LogP contribution in [0, 0.1) is 11.8 Å². The topological polar surface area (TPSA) is 82.6 Å². The minimum atomic E-state index is -0.919. The van der Waals surface area contributed by atoms with Crippen molar-refractivity contribution in [2.75, 3.05) is 13.1 Å². The van der Waals surface area contributed by atoms with Crippen LogP contribution in [-0.2, 0) is 16.1 Å². The van der Waals surface area contributed by atoms with Gasteiger partial charge in [-0.15, -0.1) is 11.3 Å². The van der Waals surface area contributed by atoms with Gasteiger partial charge in [0.15, 0.2) is 0 Å². The maximum Gasteiger partial charge on any atom is 0.325 e. The van der Waals surface area contributed by atoms with Crippen molar-refractivity contribution in [3.63, 3.8) is 0 Å². The standard InChI is InChI=1S/C26H32N4O3S/c1-19(2)10-13-26(24(32)30(25(33)28-26)18-21-6-3-4-14-27-21)20-11-15-29(16-12-20)23(31)9-8-22-7-5-17-34-22/h3-9,14,17,19-20H,10-13,15-16,18H2,1-2H3,(H,28,33). The lowest BCUT2D eigenvalue weighted by atomic mass is 9.74. The zero-order valence-electron chi connectivity index (χ0n) is 19.8. The highest BCUT2D eigenvalue weighted by Crippen LogP contribution is 2.38. The molecule has 2 aliphatic rings. The Balaban J connectivity index is 1.46. The van der Waals surface area contributed by atoms with Crippen molar-refractivity contribution in [3.05, 3.63) is 58.6 Å². The number of likely N-dealkylation sites (tertiary alicyclic amines) is 1. The molecule has 2 aromatic heterocycles. The summed E-state index contributed by atoms with van der Waals surface area (Å²) in [5.41, 5.74) is -0.235. The van der Waals surface area contributed by atoms with E-state index in [9.17, 15) is 14.4 Å². The number of nitrogens with zero attached hydrogens (tertiary/aromatic N) is 3. The fourth-order valence-corrected chi connectivity index (χ4v) is 5.46. The molecule has 2 saturated heterocycles. The lowest BCUT2D eigenvalue weighted by molar-refractivity contribution is -0.135. The van der Waals surface area contributed by atoms with Crippen LogP contribution in [0.2, 0.25) is 0 Å². The number of rotatable bonds is 8. The van der Waals surface area contributed by atoms with Gasteiger partial charge in [0.1, 0.15) is 5.54 Å². The highest BCUT2D eigenvalue weighted by Gasteiger charge is 2.55. The van der Waals surface area contributed by atoms with E-state index >= 15 is 0 Å². The van der Waals surface area contributed by atoms with Crippen LogP contribution in [-0.4, -0.2) is 51.3 Å². The van der Waals surface area contributed by atoms with E-state index in [2.05, 4.69) is 24.1 Å². The smallest absolute Gasteiger partial charge is 0.325 e. The van der Waals surface area contributed by atoms with Crippen molar-refractivity contribution in [1.82, 2.24) is 20.1 Å². The van der Waals surface area contributed by atoms with Gasteiger partial charge in [0.2, 0.25) is 5.91 Å². The third kappa shape index (κ3) is 5.22. The number of carbonyl (C=O) groups is 3. The van der Waals surface area contributed by atoms with Gasteiger partial charge in [-0.3, -0.25) is 19.5 Å². The SMILES string of the molecule is CC(C)CCC1(C2CCN(C(=O)C=Cc3cccs3)CC2)NC(=O)N(Cc2ccccn2)C1=O. The summed E-state index contributed by atoms with van der Waals surface area (Å²) in [6.45, 7) is 5.57. The van der Waals surface area contributed by atoms with Gasteiger partial charge < -0.3 is 10.2 Å². The lowest BCUT2D eigenvalue weighted by Gasteiger charge is -2.41. The van der Waals surface area contributed by atoms with Crippen LogP contribution in [0.1, 0.15) is 50.1 Å². The molecular formula is C26H32N4O3S. The summed E-state index contributed by atoms with van der Waals surface area (Å²) in [7, 11) is 0. The van der Waals surface area contributed by atoms with Crippen molar-refractivity contribution < 1.29 is 14.4 Å². The monoisotopic (exact) mass is 480 g/mol. The third-order valence-electron chi connectivity index (χ3n) is 6.80. The molecule has 1 unspecified atom stereocenters. The second-order valence-electron chi connectivity index (χ2n) is 9.49. The first-order valence-corrected chi connectivity index (χ1v) is 12.8. The molecule has 0 aliphatic carbocycles. The Morgan fingerprint density at radius 2 is 2.03 bits per heavy atom. The van der Waals surface area contributed by atoms with E-state index in [1.807, 2.05) is 46.7 Å². The molecule has 0 aromatic carbocycles. The molecule has 4 heterocycles. The Hall–Kier alpha value is -3.00. The Kier molecular flexibility index (Phi) is 7.46. The van der Waals surface area contributed by atoms with Gasteiger partial charge >= 0.3 is 6.03 Å². The van der Waals surface area contributed by atoms with Crippen LogP contribution in [0.5, 0.6) is 0 Å². The Morgan fingerprint density at radius 3 is 2.68 bits per heavy atom. The summed E-state index contributed by atoms with van der Waals surface area (Å²) < 4.78 is 0. The number of hydrogen-bond donors (Lipinski definition) is 1. The number of amides is 4. The second-order valence-corrected chi connectivity index (χ2v) is 10.5. The maximum absolute atomic E-state index is 13.7. The Labute approximate surface area is 204 Å². The number of piperidine rings is 1. The largest absolute Gasteiger partial charge is 0.339 e. The van der Waals surface area contributed by atoms with Crippen LogP contribution in [0.25, 0.3) is 6.08 Å². The highest BCUT2D eigenvalue weighted by molar-refractivity contribution is 7.10. The van der Waals surface area contributed by atoms with E-state index in [4.69, 9.17) is 0 Å². The molecule has 1 atom stereocenters. The van der Waals surface area contributed by atoms with Gasteiger partial charge in [0, 0.05) is 30.2 Å². The molecule has 1 N–H and O–H groups in total. The molecule has 180 valence electrons. The molecule has 2 aromatic rings. The second kappa shape index (κ2) is 10.5. The van der Waals surface area contributed by atoms with Gasteiger partial charge in [-0.2, -0.15) is 0 Å². The van der Waals surface area contributed by atoms with Crippen LogP contribution < -0.4 is 5.32 Å².